The molecule has 0 atom stereocenters. The van der Waals surface area contributed by atoms with Gasteiger partial charge in [0, 0.05) is 13.8 Å². The smallest absolute Gasteiger partial charge is 0.323 e. The summed E-state index contributed by atoms with van der Waals surface area (Å²) in [6, 6.07) is 7.68. The lowest BCUT2D eigenvalue weighted by Gasteiger charge is -2.32. The van der Waals surface area contributed by atoms with Gasteiger partial charge in [-0.25, -0.2) is 0 Å². The number of carbonyl (C=O) groups is 2. The number of ether oxygens (including phenoxy) is 2. The third-order valence-electron chi connectivity index (χ3n) is 2.82. The number of hydrogen-bond acceptors (Lipinski definition) is 4. The molecule has 18 heavy (non-hydrogen) atoms. The highest BCUT2D eigenvalue weighted by Gasteiger charge is 2.42. The Morgan fingerprint density at radius 3 is 2.06 bits per heavy atom. The van der Waals surface area contributed by atoms with Gasteiger partial charge in [0.05, 0.1) is 0 Å². The van der Waals surface area contributed by atoms with Gasteiger partial charge in [0.25, 0.3) is 5.79 Å². The van der Waals surface area contributed by atoms with E-state index in [-0.39, 0.29) is 0 Å². The summed E-state index contributed by atoms with van der Waals surface area (Å²) >= 11 is 0. The summed E-state index contributed by atoms with van der Waals surface area (Å²) < 4.78 is 10.1. The zero-order valence-electron chi connectivity index (χ0n) is 10.7. The molecule has 1 fully saturated rings. The van der Waals surface area contributed by atoms with Crippen LogP contribution in [0.3, 0.4) is 0 Å². The molecule has 0 radical (unpaired) electrons. The minimum Gasteiger partial charge on any atom is -0.422 e. The van der Waals surface area contributed by atoms with Gasteiger partial charge in [0.15, 0.2) is 5.92 Å². The maximum absolute atomic E-state index is 11.8. The first-order chi connectivity index (χ1) is 8.37. The number of benzene rings is 1. The van der Waals surface area contributed by atoms with Gasteiger partial charge in [0.2, 0.25) is 0 Å². The minimum absolute atomic E-state index is 0.314. The van der Waals surface area contributed by atoms with Crippen LogP contribution in [0.4, 0.5) is 0 Å². The third-order valence-corrected chi connectivity index (χ3v) is 2.82. The third kappa shape index (κ3) is 2.70. The van der Waals surface area contributed by atoms with Crippen molar-refractivity contribution in [2.45, 2.75) is 33.0 Å². The first-order valence-corrected chi connectivity index (χ1v) is 5.89. The number of esters is 2. The molecule has 0 amide bonds. The summed E-state index contributed by atoms with van der Waals surface area (Å²) in [6.45, 7) is 5.07. The molecule has 4 nitrogen and oxygen atoms in total. The molecular weight excluding hydrogens is 232 g/mol. The van der Waals surface area contributed by atoms with Crippen LogP contribution in [0, 0.1) is 12.8 Å². The van der Waals surface area contributed by atoms with E-state index in [1.807, 2.05) is 31.2 Å². The molecule has 1 aromatic carbocycles. The summed E-state index contributed by atoms with van der Waals surface area (Å²) in [6.07, 6.45) is 0.314. The minimum atomic E-state index is -1.15. The van der Waals surface area contributed by atoms with Crippen molar-refractivity contribution in [1.82, 2.24) is 0 Å². The Balaban J connectivity index is 2.12. The van der Waals surface area contributed by atoms with Crippen LogP contribution in [0.25, 0.3) is 0 Å². The van der Waals surface area contributed by atoms with Crippen molar-refractivity contribution in [3.63, 3.8) is 0 Å². The Bertz CT molecular complexity index is 453. The molecule has 1 heterocycles. The van der Waals surface area contributed by atoms with E-state index in [1.165, 1.54) is 0 Å². The number of carbonyl (C=O) groups excluding carboxylic acids is 2. The van der Waals surface area contributed by atoms with E-state index in [0.717, 1.165) is 11.1 Å². The highest BCUT2D eigenvalue weighted by molar-refractivity contribution is 5.96. The van der Waals surface area contributed by atoms with Gasteiger partial charge < -0.3 is 9.47 Å². The SMILES string of the molecule is Cc1ccc(CC2C(=O)OC(C)(C)OC2=O)cc1. The number of aryl methyl sites for hydroxylation is 1. The van der Waals surface area contributed by atoms with Crippen molar-refractivity contribution >= 4 is 11.9 Å². The Labute approximate surface area is 106 Å². The van der Waals surface area contributed by atoms with Gasteiger partial charge in [0.1, 0.15) is 0 Å². The lowest BCUT2D eigenvalue weighted by Crippen LogP contribution is -2.46. The van der Waals surface area contributed by atoms with Crippen molar-refractivity contribution in [3.8, 4) is 0 Å². The first-order valence-electron chi connectivity index (χ1n) is 5.89. The first kappa shape index (κ1) is 12.6. The van der Waals surface area contributed by atoms with Gasteiger partial charge in [-0.15, -0.1) is 0 Å². The largest absolute Gasteiger partial charge is 0.422 e. The monoisotopic (exact) mass is 248 g/mol. The fraction of sp³-hybridized carbons (Fsp3) is 0.429. The van der Waals surface area contributed by atoms with Gasteiger partial charge in [-0.1, -0.05) is 29.8 Å². The second kappa shape index (κ2) is 4.44. The molecule has 0 aliphatic carbocycles. The van der Waals surface area contributed by atoms with Crippen LogP contribution < -0.4 is 0 Å². The molecule has 1 aliphatic heterocycles. The van der Waals surface area contributed by atoms with E-state index in [9.17, 15) is 9.59 Å². The quantitative estimate of drug-likeness (QED) is 0.593. The van der Waals surface area contributed by atoms with Gasteiger partial charge >= 0.3 is 11.9 Å². The van der Waals surface area contributed by atoms with Crippen LogP contribution >= 0.6 is 0 Å². The second-order valence-corrected chi connectivity index (χ2v) is 4.98. The maximum atomic E-state index is 11.8. The summed E-state index contributed by atoms with van der Waals surface area (Å²) in [4.78, 5) is 23.5. The molecule has 1 aromatic rings. The molecular formula is C14H16O4. The predicted octanol–water partition coefficient (Wildman–Crippen LogP) is 1.99. The lowest BCUT2D eigenvalue weighted by atomic mass is 9.98. The summed E-state index contributed by atoms with van der Waals surface area (Å²) in [5.41, 5.74) is 2.05. The van der Waals surface area contributed by atoms with E-state index in [0.29, 0.717) is 6.42 Å². The molecule has 96 valence electrons. The van der Waals surface area contributed by atoms with E-state index in [1.54, 1.807) is 13.8 Å². The summed E-state index contributed by atoms with van der Waals surface area (Å²) in [5, 5.41) is 0. The number of cyclic esters (lactones) is 2. The van der Waals surface area contributed by atoms with E-state index >= 15 is 0 Å². The zero-order chi connectivity index (χ0) is 13.3. The predicted molar refractivity (Wildman–Crippen MR) is 64.6 cm³/mol. The molecule has 0 saturated carbocycles. The zero-order valence-corrected chi connectivity index (χ0v) is 10.7. The summed E-state index contributed by atoms with van der Waals surface area (Å²) in [5.74, 6) is -3.05. The fourth-order valence-electron chi connectivity index (χ4n) is 1.87. The molecule has 0 spiro atoms. The van der Waals surface area contributed by atoms with Crippen molar-refractivity contribution in [2.24, 2.45) is 5.92 Å². The Hall–Kier alpha value is -1.84. The molecule has 4 heteroatoms. The molecule has 0 unspecified atom stereocenters. The number of hydrogen-bond donors (Lipinski definition) is 0. The van der Waals surface area contributed by atoms with Gasteiger partial charge in [-0.2, -0.15) is 0 Å². The second-order valence-electron chi connectivity index (χ2n) is 4.98. The van der Waals surface area contributed by atoms with Crippen LogP contribution in [0.2, 0.25) is 0 Å². The molecule has 2 rings (SSSR count). The van der Waals surface area contributed by atoms with Crippen LogP contribution in [0.5, 0.6) is 0 Å². The Morgan fingerprint density at radius 1 is 1.06 bits per heavy atom. The van der Waals surface area contributed by atoms with E-state index in [4.69, 9.17) is 9.47 Å². The lowest BCUT2D eigenvalue weighted by molar-refractivity contribution is -0.239. The standard InChI is InChI=1S/C14H16O4/c1-9-4-6-10(7-5-9)8-11-12(15)17-14(2,3)18-13(11)16/h4-7,11H,8H2,1-3H3. The molecule has 0 N–H and O–H groups in total. The van der Waals surface area contributed by atoms with Gasteiger partial charge in [-0.3, -0.25) is 9.59 Å². The average molecular weight is 248 g/mol. The van der Waals surface area contributed by atoms with Crippen molar-refractivity contribution in [1.29, 1.82) is 0 Å². The Morgan fingerprint density at radius 2 is 1.56 bits per heavy atom. The molecule has 1 saturated heterocycles. The molecule has 0 bridgehead atoms. The highest BCUT2D eigenvalue weighted by atomic mass is 16.7. The van der Waals surface area contributed by atoms with Crippen LogP contribution in [0.1, 0.15) is 25.0 Å². The Kier molecular flexibility index (Phi) is 3.11. The summed E-state index contributed by atoms with van der Waals surface area (Å²) in [7, 11) is 0. The van der Waals surface area contributed by atoms with Crippen molar-refractivity contribution in [2.75, 3.05) is 0 Å². The van der Waals surface area contributed by atoms with E-state index in [2.05, 4.69) is 0 Å². The maximum Gasteiger partial charge on any atom is 0.323 e. The highest BCUT2D eigenvalue weighted by Crippen LogP contribution is 2.25. The fourth-order valence-corrected chi connectivity index (χ4v) is 1.87. The van der Waals surface area contributed by atoms with Crippen LogP contribution in [0.15, 0.2) is 24.3 Å². The molecule has 0 aromatic heterocycles. The molecule has 1 aliphatic rings. The normalized spacial score (nSPS) is 19.3. The average Bonchev–Trinajstić information content (AvgIpc) is 2.24. The number of rotatable bonds is 2. The van der Waals surface area contributed by atoms with E-state index < -0.39 is 23.6 Å². The van der Waals surface area contributed by atoms with Crippen LogP contribution in [-0.2, 0) is 25.5 Å². The topological polar surface area (TPSA) is 52.6 Å². The van der Waals surface area contributed by atoms with Crippen molar-refractivity contribution in [3.05, 3.63) is 35.4 Å². The van der Waals surface area contributed by atoms with Crippen LogP contribution in [-0.4, -0.2) is 17.7 Å². The van der Waals surface area contributed by atoms with Gasteiger partial charge in [-0.05, 0) is 18.9 Å². The van der Waals surface area contributed by atoms with Crippen molar-refractivity contribution < 1.29 is 19.1 Å².